The van der Waals surface area contributed by atoms with Gasteiger partial charge in [-0.3, -0.25) is 4.79 Å². The molecule has 4 aromatic rings. The second-order valence-electron chi connectivity index (χ2n) is 10.2. The van der Waals surface area contributed by atoms with Gasteiger partial charge in [0, 0.05) is 55.4 Å². The maximum Gasteiger partial charge on any atom is 0.248 e. The molecule has 0 bridgehead atoms. The number of piperazine rings is 1. The van der Waals surface area contributed by atoms with Gasteiger partial charge in [0.15, 0.2) is 0 Å². The number of nitrogens with zero attached hydrogens (tertiary/aromatic N) is 6. The van der Waals surface area contributed by atoms with Crippen molar-refractivity contribution in [2.24, 2.45) is 0 Å². The van der Waals surface area contributed by atoms with Crippen molar-refractivity contribution in [2.45, 2.75) is 0 Å². The van der Waals surface area contributed by atoms with Crippen LogP contribution in [0, 0.1) is 0 Å². The summed E-state index contributed by atoms with van der Waals surface area (Å²) in [7, 11) is 6.05. The summed E-state index contributed by atoms with van der Waals surface area (Å²) in [4.78, 5) is 32.9. The lowest BCUT2D eigenvalue weighted by Crippen LogP contribution is -2.44. The second-order valence-corrected chi connectivity index (χ2v) is 10.2. The zero-order chi connectivity index (χ0) is 28.1. The van der Waals surface area contributed by atoms with Crippen molar-refractivity contribution >= 4 is 45.8 Å². The van der Waals surface area contributed by atoms with Crippen LogP contribution in [0.15, 0.2) is 72.9 Å². The highest BCUT2D eigenvalue weighted by atomic mass is 16.1. The van der Waals surface area contributed by atoms with Crippen LogP contribution in [0.25, 0.3) is 22.0 Å². The molecule has 2 aromatic heterocycles. The molecule has 0 radical (unpaired) electrons. The first-order valence-electron chi connectivity index (χ1n) is 13.3. The number of amides is 1. The predicted molar refractivity (Wildman–Crippen MR) is 163 cm³/mol. The highest BCUT2D eigenvalue weighted by Gasteiger charge is 2.16. The van der Waals surface area contributed by atoms with Crippen LogP contribution in [-0.4, -0.2) is 84.5 Å². The second kappa shape index (κ2) is 12.1. The third-order valence-corrected chi connectivity index (χ3v) is 6.77. The third kappa shape index (κ3) is 6.53. The first-order valence-corrected chi connectivity index (χ1v) is 13.3. The van der Waals surface area contributed by atoms with Gasteiger partial charge in [-0.25, -0.2) is 9.97 Å². The summed E-state index contributed by atoms with van der Waals surface area (Å²) in [5, 5.41) is 6.95. The molecule has 1 fully saturated rings. The standard InChI is InChI=1S/C30H35N9O/c1-37(2)14-6-11-27(40)33-22-8-4-7-21(19-22)24-9-5-10-25-28(24)35-30(36-29(25)31)34-23-12-13-26(32-20-23)39-17-15-38(3)16-18-39/h4-13,19-20H,14-18H2,1-3H3,(H,33,40)(H3,31,34,35,36)/b11-6+. The number of hydrogen-bond acceptors (Lipinski definition) is 9. The summed E-state index contributed by atoms with van der Waals surface area (Å²) >= 11 is 0. The van der Waals surface area contributed by atoms with Crippen molar-refractivity contribution < 1.29 is 4.79 Å². The van der Waals surface area contributed by atoms with Gasteiger partial charge in [0.25, 0.3) is 0 Å². The van der Waals surface area contributed by atoms with Crippen molar-refractivity contribution in [2.75, 3.05) is 75.1 Å². The Morgan fingerprint density at radius 3 is 2.58 bits per heavy atom. The highest BCUT2D eigenvalue weighted by molar-refractivity contribution is 6.02. The number of aromatic nitrogens is 3. The molecule has 1 aliphatic heterocycles. The Hall–Kier alpha value is -4.54. The minimum Gasteiger partial charge on any atom is -0.383 e. The molecule has 1 amide bonds. The number of fused-ring (bicyclic) bond motifs is 1. The van der Waals surface area contributed by atoms with Crippen molar-refractivity contribution in [1.82, 2.24) is 24.8 Å². The van der Waals surface area contributed by atoms with Gasteiger partial charge in [0.1, 0.15) is 11.6 Å². The fourth-order valence-electron chi connectivity index (χ4n) is 4.60. The fraction of sp³-hybridized carbons (Fsp3) is 0.267. The number of benzene rings is 2. The number of carbonyl (C=O) groups is 1. The van der Waals surface area contributed by atoms with E-state index in [4.69, 9.17) is 10.7 Å². The Morgan fingerprint density at radius 1 is 1.02 bits per heavy atom. The summed E-state index contributed by atoms with van der Waals surface area (Å²) < 4.78 is 0. The number of anilines is 5. The summed E-state index contributed by atoms with van der Waals surface area (Å²) in [6.45, 7) is 4.66. The van der Waals surface area contributed by atoms with Crippen LogP contribution in [0.3, 0.4) is 0 Å². The van der Waals surface area contributed by atoms with E-state index in [1.54, 1.807) is 12.3 Å². The maximum absolute atomic E-state index is 12.4. The molecular weight excluding hydrogens is 502 g/mol. The van der Waals surface area contributed by atoms with E-state index in [1.807, 2.05) is 79.7 Å². The minimum absolute atomic E-state index is 0.178. The molecule has 10 nitrogen and oxygen atoms in total. The highest BCUT2D eigenvalue weighted by Crippen LogP contribution is 2.32. The first kappa shape index (κ1) is 27.0. The molecular formula is C30H35N9O. The van der Waals surface area contributed by atoms with E-state index in [1.165, 1.54) is 0 Å². The van der Waals surface area contributed by atoms with Crippen molar-refractivity contribution in [1.29, 1.82) is 0 Å². The molecule has 0 atom stereocenters. The Bertz CT molecular complexity index is 1510. The molecule has 10 heteroatoms. The topological polar surface area (TPSA) is 116 Å². The van der Waals surface area contributed by atoms with Crippen molar-refractivity contribution in [3.63, 3.8) is 0 Å². The molecule has 206 valence electrons. The van der Waals surface area contributed by atoms with Crippen LogP contribution >= 0.6 is 0 Å². The zero-order valence-corrected chi connectivity index (χ0v) is 23.1. The van der Waals surface area contributed by atoms with E-state index in [0.717, 1.165) is 54.2 Å². The monoisotopic (exact) mass is 537 g/mol. The van der Waals surface area contributed by atoms with Crippen LogP contribution < -0.4 is 21.3 Å². The average Bonchev–Trinajstić information content (AvgIpc) is 2.94. The quantitative estimate of drug-likeness (QED) is 0.289. The fourth-order valence-corrected chi connectivity index (χ4v) is 4.60. The number of nitrogens with one attached hydrogen (secondary N) is 2. The van der Waals surface area contributed by atoms with Crippen LogP contribution in [0.1, 0.15) is 0 Å². The largest absolute Gasteiger partial charge is 0.383 e. The lowest BCUT2D eigenvalue weighted by Gasteiger charge is -2.33. The van der Waals surface area contributed by atoms with Crippen LogP contribution in [0.2, 0.25) is 0 Å². The molecule has 0 aliphatic carbocycles. The molecule has 0 saturated carbocycles. The van der Waals surface area contributed by atoms with Crippen molar-refractivity contribution in [3.05, 3.63) is 72.9 Å². The van der Waals surface area contributed by atoms with E-state index in [-0.39, 0.29) is 5.91 Å². The molecule has 2 aromatic carbocycles. The van der Waals surface area contributed by atoms with Crippen LogP contribution in [0.5, 0.6) is 0 Å². The Labute approximate surface area is 234 Å². The molecule has 40 heavy (non-hydrogen) atoms. The molecule has 1 aliphatic rings. The van der Waals surface area contributed by atoms with Gasteiger partial charge in [-0.1, -0.05) is 30.3 Å². The summed E-state index contributed by atoms with van der Waals surface area (Å²) in [6, 6.07) is 17.5. The summed E-state index contributed by atoms with van der Waals surface area (Å²) in [6.07, 6.45) is 5.17. The van der Waals surface area contributed by atoms with E-state index in [9.17, 15) is 4.79 Å². The van der Waals surface area contributed by atoms with Crippen LogP contribution in [-0.2, 0) is 4.79 Å². The number of nitrogen functional groups attached to an aromatic ring is 1. The van der Waals surface area contributed by atoms with Crippen LogP contribution in [0.4, 0.5) is 29.0 Å². The lowest BCUT2D eigenvalue weighted by molar-refractivity contribution is -0.111. The molecule has 0 unspecified atom stereocenters. The lowest BCUT2D eigenvalue weighted by atomic mass is 10.0. The SMILES string of the molecule is CN(C)C/C=C/C(=O)Nc1cccc(-c2cccc3c(N)nc(Nc4ccc(N5CCN(C)CC5)nc4)nc23)c1. The predicted octanol–water partition coefficient (Wildman–Crippen LogP) is 3.83. The number of rotatable bonds is 8. The van der Waals surface area contributed by atoms with E-state index in [2.05, 4.69) is 37.4 Å². The Morgan fingerprint density at radius 2 is 1.82 bits per heavy atom. The third-order valence-electron chi connectivity index (χ3n) is 6.77. The van der Waals surface area contributed by atoms with E-state index in [0.29, 0.717) is 29.5 Å². The number of carbonyl (C=O) groups excluding carboxylic acids is 1. The molecule has 5 rings (SSSR count). The van der Waals surface area contributed by atoms with Gasteiger partial charge in [-0.2, -0.15) is 4.98 Å². The number of hydrogen-bond donors (Lipinski definition) is 3. The van der Waals surface area contributed by atoms with Crippen molar-refractivity contribution in [3.8, 4) is 11.1 Å². The zero-order valence-electron chi connectivity index (χ0n) is 23.1. The minimum atomic E-state index is -0.178. The maximum atomic E-state index is 12.4. The van der Waals surface area contributed by atoms with E-state index < -0.39 is 0 Å². The normalized spacial score (nSPS) is 14.2. The molecule has 4 N–H and O–H groups in total. The molecule has 3 heterocycles. The smallest absolute Gasteiger partial charge is 0.248 e. The first-order chi connectivity index (χ1) is 19.4. The van der Waals surface area contributed by atoms with Gasteiger partial charge in [0.2, 0.25) is 11.9 Å². The summed E-state index contributed by atoms with van der Waals surface area (Å²) in [5.41, 5.74) is 10.4. The van der Waals surface area contributed by atoms with Gasteiger partial charge in [0.05, 0.1) is 17.4 Å². The Kier molecular flexibility index (Phi) is 8.18. The molecule has 0 spiro atoms. The average molecular weight is 538 g/mol. The molecule has 1 saturated heterocycles. The van der Waals surface area contributed by atoms with Gasteiger partial charge in [-0.05, 0) is 57.0 Å². The van der Waals surface area contributed by atoms with Gasteiger partial charge in [-0.15, -0.1) is 0 Å². The Balaban J connectivity index is 1.37. The number of likely N-dealkylation sites (N-methyl/N-ethyl adjacent to an activating group) is 2. The number of pyridine rings is 1. The number of nitrogens with two attached hydrogens (primary N) is 1. The van der Waals surface area contributed by atoms with Gasteiger partial charge < -0.3 is 31.1 Å². The summed E-state index contributed by atoms with van der Waals surface area (Å²) in [5.74, 6) is 1.55. The van der Waals surface area contributed by atoms with E-state index >= 15 is 0 Å². The van der Waals surface area contributed by atoms with Gasteiger partial charge >= 0.3 is 0 Å². The number of para-hydroxylation sites is 1.